The molecule has 0 N–H and O–H groups in total. The number of benzene rings is 4. The topological polar surface area (TPSA) is 6.48 Å². The summed E-state index contributed by atoms with van der Waals surface area (Å²) in [5.74, 6) is 0. The van der Waals surface area contributed by atoms with Crippen LogP contribution in [-0.4, -0.2) is 11.3 Å². The number of allylic oxidation sites excluding steroid dienone is 2. The maximum absolute atomic E-state index is 2.55. The van der Waals surface area contributed by atoms with E-state index in [1.54, 1.807) is 0 Å². The molecular weight excluding hydrogens is 420 g/mol. The van der Waals surface area contributed by atoms with Crippen molar-refractivity contribution in [2.45, 2.75) is 21.1 Å². The molecular formula is C30H24N2S. The van der Waals surface area contributed by atoms with Crippen LogP contribution in [0.15, 0.2) is 143 Å². The van der Waals surface area contributed by atoms with Crippen LogP contribution in [0.25, 0.3) is 0 Å². The van der Waals surface area contributed by atoms with Gasteiger partial charge in [0.2, 0.25) is 0 Å². The van der Waals surface area contributed by atoms with Crippen molar-refractivity contribution < 1.29 is 0 Å². The molecule has 3 aliphatic rings. The Morgan fingerprint density at radius 2 is 1.15 bits per heavy atom. The molecule has 0 bridgehead atoms. The molecule has 0 spiro atoms. The van der Waals surface area contributed by atoms with Crippen molar-refractivity contribution >= 4 is 33.6 Å². The van der Waals surface area contributed by atoms with E-state index in [-0.39, 0.29) is 6.04 Å². The van der Waals surface area contributed by atoms with E-state index >= 15 is 0 Å². The molecule has 3 atom stereocenters. The minimum absolute atomic E-state index is 0.271. The Hall–Kier alpha value is -3.69. The van der Waals surface area contributed by atoms with Gasteiger partial charge in [0, 0.05) is 26.9 Å². The normalized spacial score (nSPS) is 23.3. The molecule has 0 aromatic heterocycles. The fourth-order valence-electron chi connectivity index (χ4n) is 5.59. The third-order valence-electron chi connectivity index (χ3n) is 6.87. The summed E-state index contributed by atoms with van der Waals surface area (Å²) in [7, 11) is -0.548. The predicted molar refractivity (Wildman–Crippen MR) is 140 cm³/mol. The molecule has 160 valence electrons. The van der Waals surface area contributed by atoms with Gasteiger partial charge in [-0.2, -0.15) is 10.9 Å². The molecule has 33 heavy (non-hydrogen) atoms. The molecule has 2 heterocycles. The van der Waals surface area contributed by atoms with Crippen LogP contribution in [0.4, 0.5) is 22.7 Å². The minimum Gasteiger partial charge on any atom is -0.332 e. The second-order valence-electron chi connectivity index (χ2n) is 8.64. The summed E-state index contributed by atoms with van der Waals surface area (Å²) in [6.07, 6.45) is 7.01. The van der Waals surface area contributed by atoms with Crippen LogP contribution in [0.2, 0.25) is 0 Å². The van der Waals surface area contributed by atoms with E-state index < -0.39 is 10.9 Å². The van der Waals surface area contributed by atoms with E-state index in [4.69, 9.17) is 0 Å². The monoisotopic (exact) mass is 444 g/mol. The van der Waals surface area contributed by atoms with Crippen molar-refractivity contribution in [3.63, 3.8) is 0 Å². The first kappa shape index (κ1) is 18.8. The molecule has 0 fully saturated rings. The van der Waals surface area contributed by atoms with Crippen molar-refractivity contribution in [3.8, 4) is 0 Å². The second-order valence-corrected chi connectivity index (χ2v) is 10.9. The maximum atomic E-state index is 2.55. The lowest BCUT2D eigenvalue weighted by molar-refractivity contribution is 0.728. The fraction of sp³-hybridized carbons (Fsp3) is 0.0667. The average molecular weight is 445 g/mol. The average Bonchev–Trinajstić information content (AvgIpc) is 2.89. The number of rotatable bonds is 2. The first-order valence-corrected chi connectivity index (χ1v) is 12.9. The first-order valence-electron chi connectivity index (χ1n) is 11.5. The highest BCUT2D eigenvalue weighted by Crippen LogP contribution is 2.66. The standard InChI is InChI=1S/C30H24N2S/c1-3-12-22(13-4-1)31-24-16-7-9-20-28(24)33-29-21-10-8-17-25(29)32(23-14-5-2-6-15-23)27-19-11-18-26(31)30(27)33/h1-21,26,30,33H. The Morgan fingerprint density at radius 3 is 1.88 bits per heavy atom. The lowest BCUT2D eigenvalue weighted by atomic mass is 9.98. The van der Waals surface area contributed by atoms with Crippen molar-refractivity contribution in [3.05, 3.63) is 133 Å². The fourth-order valence-corrected chi connectivity index (χ4v) is 8.80. The van der Waals surface area contributed by atoms with Crippen molar-refractivity contribution in [2.75, 3.05) is 9.80 Å². The molecule has 0 radical (unpaired) electrons. The van der Waals surface area contributed by atoms with Gasteiger partial charge in [-0.3, -0.25) is 0 Å². The Morgan fingerprint density at radius 1 is 0.576 bits per heavy atom. The molecule has 4 aromatic carbocycles. The van der Waals surface area contributed by atoms with Gasteiger partial charge in [-0.05, 0) is 54.6 Å². The molecule has 3 unspecified atom stereocenters. The highest BCUT2D eigenvalue weighted by Gasteiger charge is 2.47. The number of hydrogen-bond acceptors (Lipinski definition) is 2. The highest BCUT2D eigenvalue weighted by atomic mass is 32.2. The smallest absolute Gasteiger partial charge is 0.0689 e. The molecule has 2 nitrogen and oxygen atoms in total. The molecule has 4 aromatic rings. The Kier molecular flexibility index (Phi) is 4.24. The quantitative estimate of drug-likeness (QED) is 0.318. The van der Waals surface area contributed by atoms with Crippen LogP contribution in [0.1, 0.15) is 0 Å². The van der Waals surface area contributed by atoms with Crippen molar-refractivity contribution in [1.29, 1.82) is 0 Å². The predicted octanol–water partition coefficient (Wildman–Crippen LogP) is 7.60. The summed E-state index contributed by atoms with van der Waals surface area (Å²) in [5, 5.41) is 0.384. The minimum atomic E-state index is -0.548. The van der Waals surface area contributed by atoms with E-state index in [0.717, 1.165) is 0 Å². The van der Waals surface area contributed by atoms with Crippen molar-refractivity contribution in [2.24, 2.45) is 0 Å². The van der Waals surface area contributed by atoms with Gasteiger partial charge in [-0.25, -0.2) is 0 Å². The summed E-state index contributed by atoms with van der Waals surface area (Å²) in [4.78, 5) is 7.99. The number of nitrogens with zero attached hydrogens (tertiary/aromatic N) is 2. The van der Waals surface area contributed by atoms with Crippen LogP contribution in [-0.2, 0) is 0 Å². The first-order chi connectivity index (χ1) is 16.4. The van der Waals surface area contributed by atoms with E-state index in [1.165, 1.54) is 38.2 Å². The molecule has 7 rings (SSSR count). The van der Waals surface area contributed by atoms with E-state index in [0.29, 0.717) is 5.25 Å². The van der Waals surface area contributed by atoms with Gasteiger partial charge >= 0.3 is 0 Å². The molecule has 1 aliphatic carbocycles. The second kappa shape index (κ2) is 7.43. The Labute approximate surface area is 197 Å². The Balaban J connectivity index is 1.53. The van der Waals surface area contributed by atoms with Crippen LogP contribution < -0.4 is 9.80 Å². The molecule has 0 saturated carbocycles. The number of hydrogen-bond donors (Lipinski definition) is 1. The number of fused-ring (bicyclic) bond motifs is 4. The van der Waals surface area contributed by atoms with E-state index in [1.807, 2.05) is 0 Å². The van der Waals surface area contributed by atoms with Gasteiger partial charge in [-0.15, -0.1) is 0 Å². The van der Waals surface area contributed by atoms with Gasteiger partial charge in [0.15, 0.2) is 0 Å². The zero-order valence-electron chi connectivity index (χ0n) is 18.1. The SMILES string of the molecule is C1=CC2C3C(=C1)N(c1ccccc1)c1ccccc1[SH]3c1ccccc1N2c1ccccc1. The highest BCUT2D eigenvalue weighted by molar-refractivity contribution is 8.18. The summed E-state index contributed by atoms with van der Waals surface area (Å²) >= 11 is 0. The van der Waals surface area contributed by atoms with Gasteiger partial charge in [0.1, 0.15) is 0 Å². The Bertz CT molecular complexity index is 1390. The van der Waals surface area contributed by atoms with Gasteiger partial charge in [0.25, 0.3) is 0 Å². The number of anilines is 4. The van der Waals surface area contributed by atoms with Gasteiger partial charge in [-0.1, -0.05) is 72.8 Å². The molecule has 3 heteroatoms. The summed E-state index contributed by atoms with van der Waals surface area (Å²) in [6, 6.07) is 40.0. The van der Waals surface area contributed by atoms with E-state index in [2.05, 4.69) is 137 Å². The third-order valence-corrected chi connectivity index (χ3v) is 9.79. The lowest BCUT2D eigenvalue weighted by Gasteiger charge is -2.55. The lowest BCUT2D eigenvalue weighted by Crippen LogP contribution is -2.49. The van der Waals surface area contributed by atoms with Crippen LogP contribution >= 0.6 is 10.9 Å². The van der Waals surface area contributed by atoms with E-state index in [9.17, 15) is 0 Å². The number of thiol groups is 1. The zero-order valence-corrected chi connectivity index (χ0v) is 19.0. The summed E-state index contributed by atoms with van der Waals surface area (Å²) in [6.45, 7) is 0. The summed E-state index contributed by atoms with van der Waals surface area (Å²) < 4.78 is 0. The van der Waals surface area contributed by atoms with Crippen LogP contribution in [0.5, 0.6) is 0 Å². The van der Waals surface area contributed by atoms with Gasteiger partial charge < -0.3 is 9.80 Å². The largest absolute Gasteiger partial charge is 0.332 e. The molecule has 2 aliphatic heterocycles. The third kappa shape index (κ3) is 2.76. The van der Waals surface area contributed by atoms with Crippen LogP contribution in [0.3, 0.4) is 0 Å². The summed E-state index contributed by atoms with van der Waals surface area (Å²) in [5.41, 5.74) is 6.53. The maximum Gasteiger partial charge on any atom is 0.0689 e. The number of para-hydroxylation sites is 4. The van der Waals surface area contributed by atoms with Crippen molar-refractivity contribution in [1.82, 2.24) is 0 Å². The van der Waals surface area contributed by atoms with Gasteiger partial charge in [0.05, 0.1) is 22.7 Å². The molecule has 0 amide bonds. The molecule has 0 saturated heterocycles. The van der Waals surface area contributed by atoms with Crippen LogP contribution in [0, 0.1) is 0 Å². The zero-order chi connectivity index (χ0) is 21.8.